The molecule has 0 saturated heterocycles. The van der Waals surface area contributed by atoms with Crippen LogP contribution in [0.15, 0.2) is 24.3 Å². The van der Waals surface area contributed by atoms with Crippen LogP contribution in [0.1, 0.15) is 12.8 Å². The Hall–Kier alpha value is -1.22. The molecule has 0 bridgehead atoms. The Balaban J connectivity index is 2.42. The van der Waals surface area contributed by atoms with Gasteiger partial charge in [-0.1, -0.05) is 12.2 Å². The lowest BCUT2D eigenvalue weighted by Crippen LogP contribution is -2.56. The topological polar surface area (TPSA) is 60.2 Å². The van der Waals surface area contributed by atoms with E-state index < -0.39 is 5.54 Å². The number of carbonyl (C=O) groups excluding carboxylic acids is 2. The van der Waals surface area contributed by atoms with Gasteiger partial charge in [-0.3, -0.25) is 9.59 Å². The summed E-state index contributed by atoms with van der Waals surface area (Å²) < 4.78 is 0. The van der Waals surface area contributed by atoms with E-state index >= 15 is 0 Å². The molecule has 2 atom stereocenters. The first kappa shape index (κ1) is 8.38. The number of hydrogen-bond acceptors (Lipinski definition) is 3. The van der Waals surface area contributed by atoms with Crippen LogP contribution in [0.3, 0.4) is 0 Å². The van der Waals surface area contributed by atoms with Gasteiger partial charge in [-0.15, -0.1) is 0 Å². The maximum Gasteiger partial charge on any atom is 0.176 e. The lowest BCUT2D eigenvalue weighted by Gasteiger charge is -2.37. The van der Waals surface area contributed by atoms with Gasteiger partial charge in [0.15, 0.2) is 11.6 Å². The lowest BCUT2D eigenvalue weighted by atomic mass is 9.70. The molecule has 0 heterocycles. The highest BCUT2D eigenvalue weighted by Crippen LogP contribution is 2.32. The average Bonchev–Trinajstić information content (AvgIpc) is 2.07. The maximum atomic E-state index is 11.5. The summed E-state index contributed by atoms with van der Waals surface area (Å²) in [4.78, 5) is 22.6. The smallest absolute Gasteiger partial charge is 0.176 e. The highest BCUT2D eigenvalue weighted by atomic mass is 16.1. The van der Waals surface area contributed by atoms with Gasteiger partial charge in [0.1, 0.15) is 0 Å². The van der Waals surface area contributed by atoms with Gasteiger partial charge in [0.05, 0.1) is 5.54 Å². The van der Waals surface area contributed by atoms with Crippen molar-refractivity contribution in [2.75, 3.05) is 0 Å². The highest BCUT2D eigenvalue weighted by molar-refractivity contribution is 6.05. The van der Waals surface area contributed by atoms with Gasteiger partial charge < -0.3 is 5.73 Å². The van der Waals surface area contributed by atoms with E-state index in [0.29, 0.717) is 0 Å². The van der Waals surface area contributed by atoms with Gasteiger partial charge in [0, 0.05) is 12.3 Å². The first-order valence-electron chi connectivity index (χ1n) is 4.34. The SMILES string of the molecule is N[C@]12CC(=O)C=C[C@@H]1CC=CC2=O. The minimum absolute atomic E-state index is 0.00250. The molecule has 0 aliphatic heterocycles. The van der Waals surface area contributed by atoms with E-state index in [2.05, 4.69) is 0 Å². The molecule has 2 aliphatic carbocycles. The van der Waals surface area contributed by atoms with Crippen molar-refractivity contribution in [1.29, 1.82) is 0 Å². The molecule has 2 rings (SSSR count). The summed E-state index contributed by atoms with van der Waals surface area (Å²) in [7, 11) is 0. The number of ketones is 2. The van der Waals surface area contributed by atoms with Gasteiger partial charge in [-0.2, -0.15) is 0 Å². The molecule has 68 valence electrons. The molecule has 0 aromatic carbocycles. The summed E-state index contributed by atoms with van der Waals surface area (Å²) in [5, 5.41) is 0. The fourth-order valence-corrected chi connectivity index (χ4v) is 1.91. The van der Waals surface area contributed by atoms with Gasteiger partial charge in [-0.25, -0.2) is 0 Å². The molecule has 0 saturated carbocycles. The van der Waals surface area contributed by atoms with Crippen molar-refractivity contribution in [2.24, 2.45) is 11.7 Å². The zero-order valence-corrected chi connectivity index (χ0v) is 7.19. The largest absolute Gasteiger partial charge is 0.318 e. The molecule has 0 aromatic rings. The summed E-state index contributed by atoms with van der Waals surface area (Å²) in [5.74, 6) is -0.174. The molecular weight excluding hydrogens is 166 g/mol. The van der Waals surface area contributed by atoms with Crippen molar-refractivity contribution in [3.8, 4) is 0 Å². The molecular formula is C10H11NO2. The summed E-state index contributed by atoms with van der Waals surface area (Å²) in [6.45, 7) is 0. The van der Waals surface area contributed by atoms with Crippen LogP contribution in [-0.4, -0.2) is 17.1 Å². The van der Waals surface area contributed by atoms with Crippen molar-refractivity contribution in [2.45, 2.75) is 18.4 Å². The number of allylic oxidation sites excluding steroid dienone is 2. The van der Waals surface area contributed by atoms with E-state index in [1.54, 1.807) is 6.08 Å². The normalized spacial score (nSPS) is 37.8. The van der Waals surface area contributed by atoms with Gasteiger partial charge in [0.25, 0.3) is 0 Å². The monoisotopic (exact) mass is 177 g/mol. The Bertz CT molecular complexity index is 330. The molecule has 2 N–H and O–H groups in total. The third kappa shape index (κ3) is 1.16. The molecule has 0 aromatic heterocycles. The molecule has 0 amide bonds. The molecule has 3 nitrogen and oxygen atoms in total. The van der Waals surface area contributed by atoms with Crippen LogP contribution in [0, 0.1) is 5.92 Å². The van der Waals surface area contributed by atoms with E-state index in [0.717, 1.165) is 6.42 Å². The lowest BCUT2D eigenvalue weighted by molar-refractivity contribution is -0.126. The highest BCUT2D eigenvalue weighted by Gasteiger charge is 2.43. The Labute approximate surface area is 76.3 Å². The van der Waals surface area contributed by atoms with Crippen LogP contribution < -0.4 is 5.73 Å². The van der Waals surface area contributed by atoms with E-state index in [-0.39, 0.29) is 23.9 Å². The summed E-state index contributed by atoms with van der Waals surface area (Å²) in [6.07, 6.45) is 7.50. The first-order valence-corrected chi connectivity index (χ1v) is 4.34. The van der Waals surface area contributed by atoms with E-state index in [1.807, 2.05) is 6.08 Å². The molecule has 0 radical (unpaired) electrons. The fraction of sp³-hybridized carbons (Fsp3) is 0.400. The minimum Gasteiger partial charge on any atom is -0.318 e. The van der Waals surface area contributed by atoms with Crippen LogP contribution in [0.4, 0.5) is 0 Å². The standard InChI is InChI=1S/C10H11NO2/c11-10-6-8(12)5-4-7(10)2-1-3-9(10)13/h1,3-5,7H,2,6,11H2/t7-,10+/m0/s1. The summed E-state index contributed by atoms with van der Waals surface area (Å²) >= 11 is 0. The number of carbonyl (C=O) groups is 2. The van der Waals surface area contributed by atoms with Crippen LogP contribution in [0.5, 0.6) is 0 Å². The molecule has 0 fully saturated rings. The van der Waals surface area contributed by atoms with Crippen molar-refractivity contribution in [3.63, 3.8) is 0 Å². The molecule has 0 unspecified atom stereocenters. The Morgan fingerprint density at radius 1 is 1.38 bits per heavy atom. The molecule has 13 heavy (non-hydrogen) atoms. The quantitative estimate of drug-likeness (QED) is 0.581. The molecule has 3 heteroatoms. The number of hydrogen-bond donors (Lipinski definition) is 1. The van der Waals surface area contributed by atoms with Crippen LogP contribution in [0.2, 0.25) is 0 Å². The van der Waals surface area contributed by atoms with Gasteiger partial charge in [0.2, 0.25) is 0 Å². The second kappa shape index (κ2) is 2.64. The second-order valence-electron chi connectivity index (χ2n) is 3.65. The first-order chi connectivity index (χ1) is 6.13. The Morgan fingerprint density at radius 2 is 2.15 bits per heavy atom. The Morgan fingerprint density at radius 3 is 2.92 bits per heavy atom. The van der Waals surface area contributed by atoms with Crippen LogP contribution in [-0.2, 0) is 9.59 Å². The van der Waals surface area contributed by atoms with Crippen molar-refractivity contribution in [3.05, 3.63) is 24.3 Å². The minimum atomic E-state index is -0.958. The molecule has 2 aliphatic rings. The van der Waals surface area contributed by atoms with Gasteiger partial charge >= 0.3 is 0 Å². The maximum absolute atomic E-state index is 11.5. The summed E-state index contributed by atoms with van der Waals surface area (Å²) in [5.41, 5.74) is 4.97. The zero-order valence-electron chi connectivity index (χ0n) is 7.19. The van der Waals surface area contributed by atoms with Crippen LogP contribution in [0.25, 0.3) is 0 Å². The van der Waals surface area contributed by atoms with Gasteiger partial charge in [-0.05, 0) is 18.6 Å². The van der Waals surface area contributed by atoms with Crippen molar-refractivity contribution < 1.29 is 9.59 Å². The van der Waals surface area contributed by atoms with E-state index in [9.17, 15) is 9.59 Å². The average molecular weight is 177 g/mol. The Kier molecular flexibility index (Phi) is 1.70. The summed E-state index contributed by atoms with van der Waals surface area (Å²) in [6, 6.07) is 0. The van der Waals surface area contributed by atoms with E-state index in [4.69, 9.17) is 5.73 Å². The van der Waals surface area contributed by atoms with Crippen molar-refractivity contribution >= 4 is 11.6 Å². The zero-order chi connectivity index (χ0) is 9.47. The fourth-order valence-electron chi connectivity index (χ4n) is 1.91. The number of fused-ring (bicyclic) bond motifs is 1. The predicted octanol–water partition coefficient (Wildman–Crippen LogP) is 0.358. The third-order valence-electron chi connectivity index (χ3n) is 2.76. The molecule has 0 spiro atoms. The number of rotatable bonds is 0. The third-order valence-corrected chi connectivity index (χ3v) is 2.76. The number of nitrogens with two attached hydrogens (primary N) is 1. The second-order valence-corrected chi connectivity index (χ2v) is 3.65. The van der Waals surface area contributed by atoms with Crippen LogP contribution >= 0.6 is 0 Å². The predicted molar refractivity (Wildman–Crippen MR) is 47.9 cm³/mol. The van der Waals surface area contributed by atoms with Crippen molar-refractivity contribution in [1.82, 2.24) is 0 Å². The van der Waals surface area contributed by atoms with E-state index in [1.165, 1.54) is 12.2 Å².